The van der Waals surface area contributed by atoms with E-state index in [0.29, 0.717) is 4.43 Å². The van der Waals surface area contributed by atoms with E-state index >= 15 is 0 Å². The monoisotopic (exact) mass is 395 g/mol. The number of rotatable bonds is 3. The first-order valence-electron chi connectivity index (χ1n) is 5.88. The number of carbonyl (C=O) groups excluding carboxylic acids is 1. The number of ether oxygens (including phenoxy) is 1. The molecule has 1 amide bonds. The Balaban J connectivity index is 2.26. The number of alkyl halides is 1. The maximum absolute atomic E-state index is 11.9. The van der Waals surface area contributed by atoms with Gasteiger partial charge in [0.05, 0.1) is 6.10 Å². The average Bonchev–Trinajstić information content (AvgIpc) is 2.66. The Hall–Kier alpha value is -1.04. The summed E-state index contributed by atoms with van der Waals surface area (Å²) in [6.45, 7) is 1.30. The summed E-state index contributed by atoms with van der Waals surface area (Å²) in [6, 6.07) is 1.42. The lowest BCUT2D eigenvalue weighted by molar-refractivity contribution is -0.114. The van der Waals surface area contributed by atoms with Crippen LogP contribution in [0, 0.1) is 0 Å². The summed E-state index contributed by atoms with van der Waals surface area (Å²) in [6.07, 6.45) is -2.44. The smallest absolute Gasteiger partial charge is 0.351 e. The van der Waals surface area contributed by atoms with E-state index in [4.69, 9.17) is 4.74 Å². The topological polar surface area (TPSA) is 114 Å². The van der Waals surface area contributed by atoms with Crippen LogP contribution < -0.4 is 11.0 Å². The summed E-state index contributed by atoms with van der Waals surface area (Å²) in [5, 5.41) is 22.1. The fourth-order valence-corrected chi connectivity index (χ4v) is 2.67. The first kappa shape index (κ1) is 15.4. The van der Waals surface area contributed by atoms with Crippen molar-refractivity contribution in [3.05, 3.63) is 22.7 Å². The third-order valence-electron chi connectivity index (χ3n) is 2.90. The van der Waals surface area contributed by atoms with Gasteiger partial charge < -0.3 is 20.3 Å². The van der Waals surface area contributed by atoms with E-state index in [2.05, 4.69) is 10.3 Å². The summed E-state index contributed by atoms with van der Waals surface area (Å²) >= 11 is 2.02. The lowest BCUT2D eigenvalue weighted by atomic mass is 10.1. The lowest BCUT2D eigenvalue weighted by Crippen LogP contribution is -2.35. The lowest BCUT2D eigenvalue weighted by Gasteiger charge is -2.17. The molecule has 0 unspecified atom stereocenters. The second kappa shape index (κ2) is 6.16. The normalized spacial score (nSPS) is 29.4. The van der Waals surface area contributed by atoms with Crippen LogP contribution in [0.5, 0.6) is 0 Å². The number of amides is 1. The van der Waals surface area contributed by atoms with Crippen LogP contribution in [-0.2, 0) is 9.53 Å². The molecule has 1 aliphatic rings. The van der Waals surface area contributed by atoms with Gasteiger partial charge in [-0.15, -0.1) is 0 Å². The Kier molecular flexibility index (Phi) is 4.73. The molecule has 0 spiro atoms. The molecule has 8 nitrogen and oxygen atoms in total. The number of aliphatic hydroxyl groups is 2. The van der Waals surface area contributed by atoms with Crippen LogP contribution in [0.1, 0.15) is 13.2 Å². The molecule has 1 aromatic heterocycles. The molecule has 0 radical (unpaired) electrons. The minimum absolute atomic E-state index is 0.122. The van der Waals surface area contributed by atoms with E-state index in [0.717, 1.165) is 4.57 Å². The maximum Gasteiger partial charge on any atom is 0.351 e. The highest BCUT2D eigenvalue weighted by Crippen LogP contribution is 2.29. The number of aromatic nitrogens is 2. The fourth-order valence-electron chi connectivity index (χ4n) is 1.94. The van der Waals surface area contributed by atoms with Gasteiger partial charge in [0.2, 0.25) is 5.91 Å². The van der Waals surface area contributed by atoms with E-state index in [1.54, 1.807) is 0 Å². The minimum Gasteiger partial charge on any atom is -0.387 e. The van der Waals surface area contributed by atoms with Gasteiger partial charge in [0.25, 0.3) is 0 Å². The van der Waals surface area contributed by atoms with Crippen molar-refractivity contribution in [2.75, 3.05) is 9.74 Å². The van der Waals surface area contributed by atoms with Gasteiger partial charge in [0, 0.05) is 17.5 Å². The zero-order valence-electron chi connectivity index (χ0n) is 10.6. The van der Waals surface area contributed by atoms with Crippen molar-refractivity contribution < 1.29 is 19.7 Å². The Labute approximate surface area is 127 Å². The zero-order chi connectivity index (χ0) is 14.9. The molecule has 0 aliphatic carbocycles. The minimum atomic E-state index is -1.21. The number of aliphatic hydroxyl groups excluding tert-OH is 2. The van der Waals surface area contributed by atoms with E-state index < -0.39 is 30.2 Å². The van der Waals surface area contributed by atoms with Gasteiger partial charge in [-0.05, 0) is 6.07 Å². The van der Waals surface area contributed by atoms with E-state index in [1.807, 2.05) is 22.6 Å². The molecule has 2 rings (SSSR count). The van der Waals surface area contributed by atoms with Gasteiger partial charge >= 0.3 is 5.69 Å². The highest BCUT2D eigenvalue weighted by atomic mass is 127. The predicted octanol–water partition coefficient (Wildman–Crippen LogP) is -0.744. The average molecular weight is 395 g/mol. The van der Waals surface area contributed by atoms with Crippen molar-refractivity contribution in [3.8, 4) is 0 Å². The second-order valence-electron chi connectivity index (χ2n) is 4.38. The highest BCUT2D eigenvalue weighted by Gasteiger charge is 2.43. The molecule has 0 bridgehead atoms. The van der Waals surface area contributed by atoms with Crippen LogP contribution in [0.4, 0.5) is 5.82 Å². The Morgan fingerprint density at radius 3 is 2.75 bits per heavy atom. The van der Waals surface area contributed by atoms with Crippen molar-refractivity contribution in [1.29, 1.82) is 0 Å². The number of carbonyl (C=O) groups is 1. The van der Waals surface area contributed by atoms with Crippen molar-refractivity contribution >= 4 is 34.3 Å². The van der Waals surface area contributed by atoms with Crippen molar-refractivity contribution in [2.24, 2.45) is 0 Å². The molecule has 0 saturated carbocycles. The van der Waals surface area contributed by atoms with Gasteiger partial charge in [-0.3, -0.25) is 9.36 Å². The summed E-state index contributed by atoms with van der Waals surface area (Å²) in [5.41, 5.74) is -0.679. The molecule has 1 aromatic rings. The molecule has 1 saturated heterocycles. The molecule has 1 aliphatic heterocycles. The van der Waals surface area contributed by atoms with Gasteiger partial charge in [-0.1, -0.05) is 22.6 Å². The number of halogens is 1. The highest BCUT2D eigenvalue weighted by molar-refractivity contribution is 14.1. The van der Waals surface area contributed by atoms with Gasteiger partial charge in [-0.2, -0.15) is 4.98 Å². The number of nitrogens with zero attached hydrogens (tertiary/aromatic N) is 2. The first-order chi connectivity index (χ1) is 9.43. The van der Waals surface area contributed by atoms with E-state index in [-0.39, 0.29) is 11.7 Å². The van der Waals surface area contributed by atoms with Crippen LogP contribution in [-0.4, -0.2) is 48.4 Å². The quantitative estimate of drug-likeness (QED) is 0.459. The van der Waals surface area contributed by atoms with Crippen molar-refractivity contribution in [2.45, 2.75) is 31.5 Å². The van der Waals surface area contributed by atoms with Gasteiger partial charge in [-0.25, -0.2) is 4.79 Å². The van der Waals surface area contributed by atoms with Crippen molar-refractivity contribution in [3.63, 3.8) is 0 Å². The van der Waals surface area contributed by atoms with Crippen LogP contribution >= 0.6 is 22.6 Å². The fraction of sp³-hybridized carbons (Fsp3) is 0.545. The molecular weight excluding hydrogens is 381 g/mol. The molecular formula is C11H14IN3O5. The second-order valence-corrected chi connectivity index (χ2v) is 5.27. The standard InChI is InChI=1S/C11H14IN3O5/c1-5(16)13-7-2-3-15(11(19)14-7)10-9(18)8(17)6(4-12)20-10/h2-3,6,8-10,17-18H,4H2,1H3,(H,13,14,16,19)/t6-,8-,9-,10-/m1/s1. The summed E-state index contributed by atoms with van der Waals surface area (Å²) in [7, 11) is 0. The molecule has 4 atom stereocenters. The third kappa shape index (κ3) is 3.00. The summed E-state index contributed by atoms with van der Waals surface area (Å²) in [4.78, 5) is 26.4. The SMILES string of the molecule is CC(=O)Nc1ccn([C@@H]2O[C@H](CI)[C@@H](O)[C@H]2O)c(=O)n1. The zero-order valence-corrected chi connectivity index (χ0v) is 12.7. The molecule has 0 aromatic carbocycles. The molecule has 2 heterocycles. The molecule has 110 valence electrons. The van der Waals surface area contributed by atoms with Crippen LogP contribution in [0.3, 0.4) is 0 Å². The van der Waals surface area contributed by atoms with E-state index in [1.165, 1.54) is 19.2 Å². The Morgan fingerprint density at radius 2 is 2.25 bits per heavy atom. The van der Waals surface area contributed by atoms with Crippen LogP contribution in [0.2, 0.25) is 0 Å². The van der Waals surface area contributed by atoms with Crippen LogP contribution in [0.15, 0.2) is 17.1 Å². The number of hydrogen-bond donors (Lipinski definition) is 3. The Bertz CT molecular complexity index is 563. The number of hydrogen-bond acceptors (Lipinski definition) is 6. The number of anilines is 1. The largest absolute Gasteiger partial charge is 0.387 e. The molecule has 20 heavy (non-hydrogen) atoms. The number of nitrogens with one attached hydrogen (secondary N) is 1. The molecule has 3 N–H and O–H groups in total. The summed E-state index contributed by atoms with van der Waals surface area (Å²) in [5.74, 6) is -0.218. The molecule has 1 fully saturated rings. The molecule has 9 heteroatoms. The van der Waals surface area contributed by atoms with Crippen molar-refractivity contribution in [1.82, 2.24) is 9.55 Å². The summed E-state index contributed by atoms with van der Waals surface area (Å²) < 4.78 is 7.02. The maximum atomic E-state index is 11.9. The Morgan fingerprint density at radius 1 is 1.55 bits per heavy atom. The van der Waals surface area contributed by atoms with Crippen LogP contribution in [0.25, 0.3) is 0 Å². The van der Waals surface area contributed by atoms with Gasteiger partial charge in [0.15, 0.2) is 6.23 Å². The predicted molar refractivity (Wildman–Crippen MR) is 77.6 cm³/mol. The third-order valence-corrected chi connectivity index (χ3v) is 3.77. The first-order valence-corrected chi connectivity index (χ1v) is 7.41. The van der Waals surface area contributed by atoms with Gasteiger partial charge in [0.1, 0.15) is 18.0 Å². The van der Waals surface area contributed by atoms with E-state index in [9.17, 15) is 19.8 Å².